The molecule has 0 saturated heterocycles. The summed E-state index contributed by atoms with van der Waals surface area (Å²) >= 11 is 1.29. The van der Waals surface area contributed by atoms with Gasteiger partial charge in [-0.1, -0.05) is 12.1 Å². The normalized spacial score (nSPS) is 10.7. The van der Waals surface area contributed by atoms with E-state index < -0.39 is 17.7 Å². The van der Waals surface area contributed by atoms with Crippen LogP contribution >= 0.6 is 11.3 Å². The van der Waals surface area contributed by atoms with Crippen LogP contribution in [0.5, 0.6) is 0 Å². The van der Waals surface area contributed by atoms with Crippen molar-refractivity contribution in [1.29, 1.82) is 0 Å². The van der Waals surface area contributed by atoms with Crippen molar-refractivity contribution in [1.82, 2.24) is 0 Å². The van der Waals surface area contributed by atoms with Crippen LogP contribution in [0.25, 0.3) is 11.3 Å². The Labute approximate surface area is 159 Å². The molecule has 7 heteroatoms. The Balaban J connectivity index is 1.86. The van der Waals surface area contributed by atoms with Gasteiger partial charge < -0.3 is 14.5 Å². The van der Waals surface area contributed by atoms with E-state index in [-0.39, 0.29) is 23.7 Å². The van der Waals surface area contributed by atoms with Gasteiger partial charge in [0.2, 0.25) is 0 Å². The average molecular weight is 387 g/mol. The number of halogens is 1. The number of benzene rings is 1. The third-order valence-electron chi connectivity index (χ3n) is 4.06. The summed E-state index contributed by atoms with van der Waals surface area (Å²) in [5.41, 5.74) is 1.38. The number of carbonyl (C=O) groups excluding carboxylic acids is 2. The summed E-state index contributed by atoms with van der Waals surface area (Å²) < 4.78 is 24.5. The molecule has 0 bridgehead atoms. The molecule has 0 radical (unpaired) electrons. The Morgan fingerprint density at radius 3 is 2.63 bits per heavy atom. The van der Waals surface area contributed by atoms with Crippen LogP contribution < -0.4 is 5.32 Å². The van der Waals surface area contributed by atoms with Crippen LogP contribution in [0.2, 0.25) is 0 Å². The summed E-state index contributed by atoms with van der Waals surface area (Å²) in [6, 6.07) is 9.15. The van der Waals surface area contributed by atoms with E-state index in [9.17, 15) is 14.0 Å². The van der Waals surface area contributed by atoms with Crippen LogP contribution in [0.4, 0.5) is 9.39 Å². The molecular formula is C20H18FNO4S. The molecule has 0 spiro atoms. The zero-order valence-corrected chi connectivity index (χ0v) is 15.9. The minimum absolute atomic E-state index is 0.0202. The molecule has 2 heterocycles. The van der Waals surface area contributed by atoms with E-state index >= 15 is 0 Å². The maximum absolute atomic E-state index is 13.9. The molecule has 0 fully saturated rings. The summed E-state index contributed by atoms with van der Waals surface area (Å²) in [6.07, 6.45) is 0. The number of furan rings is 1. The van der Waals surface area contributed by atoms with Crippen molar-refractivity contribution in [2.75, 3.05) is 11.9 Å². The van der Waals surface area contributed by atoms with Gasteiger partial charge in [0.15, 0.2) is 5.76 Å². The first-order chi connectivity index (χ1) is 12.9. The van der Waals surface area contributed by atoms with E-state index in [1.165, 1.54) is 29.5 Å². The highest BCUT2D eigenvalue weighted by atomic mass is 32.1. The van der Waals surface area contributed by atoms with Gasteiger partial charge in [-0.25, -0.2) is 9.18 Å². The average Bonchev–Trinajstić information content (AvgIpc) is 3.21. The van der Waals surface area contributed by atoms with Crippen molar-refractivity contribution in [2.45, 2.75) is 20.8 Å². The van der Waals surface area contributed by atoms with Crippen molar-refractivity contribution in [3.05, 3.63) is 64.0 Å². The molecule has 1 aromatic carbocycles. The second kappa shape index (κ2) is 7.75. The fourth-order valence-electron chi connectivity index (χ4n) is 2.59. The van der Waals surface area contributed by atoms with E-state index in [1.807, 2.05) is 6.92 Å². The molecule has 140 valence electrons. The number of thiophene rings is 1. The van der Waals surface area contributed by atoms with Gasteiger partial charge in [-0.05, 0) is 50.6 Å². The van der Waals surface area contributed by atoms with Crippen LogP contribution in [0.15, 0.2) is 40.8 Å². The van der Waals surface area contributed by atoms with Crippen LogP contribution in [0.3, 0.4) is 0 Å². The maximum Gasteiger partial charge on any atom is 0.341 e. The zero-order valence-electron chi connectivity index (χ0n) is 15.1. The number of ether oxygens (including phenoxy) is 1. The fourth-order valence-corrected chi connectivity index (χ4v) is 3.64. The number of hydrogen-bond donors (Lipinski definition) is 1. The maximum atomic E-state index is 13.9. The van der Waals surface area contributed by atoms with Gasteiger partial charge in [-0.15, -0.1) is 11.3 Å². The van der Waals surface area contributed by atoms with Gasteiger partial charge in [0.1, 0.15) is 16.6 Å². The SMILES string of the molecule is CCOC(=O)c1c(NC(=O)c2ccc(-c3ccccc3F)o2)sc(C)c1C. The van der Waals surface area contributed by atoms with Crippen molar-refractivity contribution in [3.8, 4) is 11.3 Å². The van der Waals surface area contributed by atoms with Crippen molar-refractivity contribution in [3.63, 3.8) is 0 Å². The van der Waals surface area contributed by atoms with E-state index in [0.29, 0.717) is 10.6 Å². The lowest BCUT2D eigenvalue weighted by molar-refractivity contribution is 0.0527. The molecule has 1 amide bonds. The third kappa shape index (κ3) is 3.78. The number of rotatable bonds is 5. The number of amides is 1. The lowest BCUT2D eigenvalue weighted by Crippen LogP contribution is -2.14. The highest BCUT2D eigenvalue weighted by molar-refractivity contribution is 7.16. The van der Waals surface area contributed by atoms with Gasteiger partial charge in [0.05, 0.1) is 17.7 Å². The van der Waals surface area contributed by atoms with E-state index in [4.69, 9.17) is 9.15 Å². The second-order valence-electron chi connectivity index (χ2n) is 5.81. The lowest BCUT2D eigenvalue weighted by atomic mass is 10.1. The monoisotopic (exact) mass is 387 g/mol. The van der Waals surface area contributed by atoms with E-state index in [0.717, 1.165) is 10.4 Å². The molecule has 0 aliphatic heterocycles. The first-order valence-corrected chi connectivity index (χ1v) is 9.17. The van der Waals surface area contributed by atoms with E-state index in [2.05, 4.69) is 5.32 Å². The first kappa shape index (κ1) is 18.8. The quantitative estimate of drug-likeness (QED) is 0.612. The summed E-state index contributed by atoms with van der Waals surface area (Å²) in [7, 11) is 0. The minimum Gasteiger partial charge on any atom is -0.462 e. The van der Waals surface area contributed by atoms with Crippen molar-refractivity contribution >= 4 is 28.2 Å². The lowest BCUT2D eigenvalue weighted by Gasteiger charge is -2.06. The Morgan fingerprint density at radius 1 is 1.19 bits per heavy atom. The van der Waals surface area contributed by atoms with Crippen molar-refractivity contribution < 1.29 is 23.1 Å². The van der Waals surface area contributed by atoms with Crippen molar-refractivity contribution in [2.24, 2.45) is 0 Å². The zero-order chi connectivity index (χ0) is 19.6. The van der Waals surface area contributed by atoms with E-state index in [1.54, 1.807) is 32.0 Å². The summed E-state index contributed by atoms with van der Waals surface area (Å²) in [4.78, 5) is 25.7. The highest BCUT2D eigenvalue weighted by Crippen LogP contribution is 2.34. The molecule has 0 atom stereocenters. The predicted molar refractivity (Wildman–Crippen MR) is 102 cm³/mol. The smallest absolute Gasteiger partial charge is 0.341 e. The number of anilines is 1. The number of nitrogens with one attached hydrogen (secondary N) is 1. The Bertz CT molecular complexity index is 1010. The minimum atomic E-state index is -0.524. The Morgan fingerprint density at radius 2 is 1.93 bits per heavy atom. The molecule has 0 aliphatic carbocycles. The molecule has 3 aromatic rings. The molecule has 2 aromatic heterocycles. The fraction of sp³-hybridized carbons (Fsp3) is 0.200. The topological polar surface area (TPSA) is 68.5 Å². The molecule has 0 aliphatic rings. The number of esters is 1. The predicted octanol–water partition coefficient (Wildman–Crippen LogP) is 5.19. The molecule has 0 saturated carbocycles. The number of carbonyl (C=O) groups is 2. The van der Waals surface area contributed by atoms with Crippen LogP contribution in [0, 0.1) is 19.7 Å². The molecule has 0 unspecified atom stereocenters. The van der Waals surface area contributed by atoms with Crippen LogP contribution in [-0.4, -0.2) is 18.5 Å². The van der Waals surface area contributed by atoms with Crippen LogP contribution in [0.1, 0.15) is 38.3 Å². The number of aryl methyl sites for hydroxylation is 1. The molecule has 1 N–H and O–H groups in total. The van der Waals surface area contributed by atoms with Gasteiger partial charge in [-0.2, -0.15) is 0 Å². The Hall–Kier alpha value is -2.93. The molecular weight excluding hydrogens is 369 g/mol. The van der Waals surface area contributed by atoms with Gasteiger partial charge in [0, 0.05) is 4.88 Å². The van der Waals surface area contributed by atoms with Gasteiger partial charge in [-0.3, -0.25) is 4.79 Å². The standard InChI is InChI=1S/C20H18FNO4S/c1-4-25-20(24)17-11(2)12(3)27-19(17)22-18(23)16-10-9-15(26-16)13-7-5-6-8-14(13)21/h5-10H,4H2,1-3H3,(H,22,23). The third-order valence-corrected chi connectivity index (χ3v) is 5.18. The Kier molecular flexibility index (Phi) is 5.41. The van der Waals surface area contributed by atoms with Gasteiger partial charge >= 0.3 is 5.97 Å². The summed E-state index contributed by atoms with van der Waals surface area (Å²) in [5, 5.41) is 3.10. The first-order valence-electron chi connectivity index (χ1n) is 8.35. The highest BCUT2D eigenvalue weighted by Gasteiger charge is 2.23. The number of hydrogen-bond acceptors (Lipinski definition) is 5. The molecule has 3 rings (SSSR count). The summed E-state index contributed by atoms with van der Waals surface area (Å²) in [6.45, 7) is 5.63. The summed E-state index contributed by atoms with van der Waals surface area (Å²) in [5.74, 6) is -1.17. The largest absolute Gasteiger partial charge is 0.462 e. The molecule has 5 nitrogen and oxygen atoms in total. The van der Waals surface area contributed by atoms with Gasteiger partial charge in [0.25, 0.3) is 5.91 Å². The second-order valence-corrected chi connectivity index (χ2v) is 7.03. The molecule has 27 heavy (non-hydrogen) atoms. The van der Waals surface area contributed by atoms with Crippen LogP contribution in [-0.2, 0) is 4.74 Å².